The fraction of sp³-hybridized carbons (Fsp3) is 0.579. The van der Waals surface area contributed by atoms with Gasteiger partial charge < -0.3 is 10.6 Å². The Kier molecular flexibility index (Phi) is 6.20. The lowest BCUT2D eigenvalue weighted by molar-refractivity contribution is -0.125. The van der Waals surface area contributed by atoms with Crippen molar-refractivity contribution in [2.45, 2.75) is 52.4 Å². The molecule has 1 aliphatic rings. The quantitative estimate of drug-likeness (QED) is 0.719. The van der Waals surface area contributed by atoms with E-state index in [0.29, 0.717) is 18.9 Å². The first kappa shape index (κ1) is 17.5. The summed E-state index contributed by atoms with van der Waals surface area (Å²) in [6, 6.07) is 7.86. The van der Waals surface area contributed by atoms with Crippen molar-refractivity contribution in [3.63, 3.8) is 0 Å². The SMILES string of the molecule is CCCCCNC(=O)C1CC1C(=O)Nc1ccccc1C(C)C. The van der Waals surface area contributed by atoms with Crippen molar-refractivity contribution in [2.75, 3.05) is 11.9 Å². The minimum Gasteiger partial charge on any atom is -0.356 e. The molecule has 4 heteroatoms. The zero-order valence-electron chi connectivity index (χ0n) is 14.4. The highest BCUT2D eigenvalue weighted by atomic mass is 16.2. The third-order valence-electron chi connectivity index (χ3n) is 4.38. The predicted molar refractivity (Wildman–Crippen MR) is 93.3 cm³/mol. The maximum absolute atomic E-state index is 12.3. The summed E-state index contributed by atoms with van der Waals surface area (Å²) in [5.74, 6) is 0.0119. The van der Waals surface area contributed by atoms with Crippen LogP contribution in [0.2, 0.25) is 0 Å². The molecule has 2 unspecified atom stereocenters. The molecule has 2 amide bonds. The van der Waals surface area contributed by atoms with Crippen LogP contribution in [0, 0.1) is 11.8 Å². The number of benzene rings is 1. The molecular formula is C19H28N2O2. The Morgan fingerprint density at radius 1 is 1.13 bits per heavy atom. The first-order valence-electron chi connectivity index (χ1n) is 8.72. The molecule has 2 rings (SSSR count). The molecule has 2 N–H and O–H groups in total. The first-order valence-corrected chi connectivity index (χ1v) is 8.72. The van der Waals surface area contributed by atoms with Crippen molar-refractivity contribution in [1.29, 1.82) is 0 Å². The summed E-state index contributed by atoms with van der Waals surface area (Å²) in [6.45, 7) is 7.06. The van der Waals surface area contributed by atoms with E-state index in [2.05, 4.69) is 31.4 Å². The van der Waals surface area contributed by atoms with Crippen LogP contribution in [0.5, 0.6) is 0 Å². The molecule has 23 heavy (non-hydrogen) atoms. The second-order valence-corrected chi connectivity index (χ2v) is 6.68. The van der Waals surface area contributed by atoms with E-state index in [-0.39, 0.29) is 23.7 Å². The molecule has 0 aromatic heterocycles. The van der Waals surface area contributed by atoms with E-state index in [9.17, 15) is 9.59 Å². The van der Waals surface area contributed by atoms with Crippen molar-refractivity contribution < 1.29 is 9.59 Å². The van der Waals surface area contributed by atoms with Crippen molar-refractivity contribution in [2.24, 2.45) is 11.8 Å². The largest absolute Gasteiger partial charge is 0.356 e. The van der Waals surface area contributed by atoms with Crippen LogP contribution in [0.15, 0.2) is 24.3 Å². The second-order valence-electron chi connectivity index (χ2n) is 6.68. The van der Waals surface area contributed by atoms with E-state index in [0.717, 1.165) is 30.5 Å². The zero-order chi connectivity index (χ0) is 16.8. The van der Waals surface area contributed by atoms with Gasteiger partial charge in [0.05, 0.1) is 11.8 Å². The smallest absolute Gasteiger partial charge is 0.228 e. The Bertz CT molecular complexity index is 554. The van der Waals surface area contributed by atoms with E-state index < -0.39 is 0 Å². The Hall–Kier alpha value is -1.84. The minimum absolute atomic E-state index is 0.0263. The molecule has 1 fully saturated rings. The van der Waals surface area contributed by atoms with Gasteiger partial charge in [0.1, 0.15) is 0 Å². The molecule has 0 radical (unpaired) electrons. The number of anilines is 1. The van der Waals surface area contributed by atoms with Gasteiger partial charge in [-0.05, 0) is 30.4 Å². The van der Waals surface area contributed by atoms with Crippen molar-refractivity contribution >= 4 is 17.5 Å². The number of nitrogens with one attached hydrogen (secondary N) is 2. The number of rotatable bonds is 8. The second kappa shape index (κ2) is 8.14. The third kappa shape index (κ3) is 4.81. The molecule has 2 atom stereocenters. The standard InChI is InChI=1S/C19H28N2O2/c1-4-5-8-11-20-18(22)15-12-16(15)19(23)21-17-10-7-6-9-14(17)13(2)3/h6-7,9-10,13,15-16H,4-5,8,11-12H2,1-3H3,(H,20,22)(H,21,23). The molecule has 1 aromatic carbocycles. The lowest BCUT2D eigenvalue weighted by Crippen LogP contribution is -2.28. The van der Waals surface area contributed by atoms with Gasteiger partial charge in [-0.25, -0.2) is 0 Å². The van der Waals surface area contributed by atoms with Crippen LogP contribution in [0.3, 0.4) is 0 Å². The molecular weight excluding hydrogens is 288 g/mol. The van der Waals surface area contributed by atoms with E-state index in [1.54, 1.807) is 0 Å². The van der Waals surface area contributed by atoms with Crippen molar-refractivity contribution in [1.82, 2.24) is 5.32 Å². The number of carbonyl (C=O) groups is 2. The molecule has 0 aliphatic heterocycles. The molecule has 1 aromatic rings. The summed E-state index contributed by atoms with van der Waals surface area (Å²) in [6.07, 6.45) is 3.93. The summed E-state index contributed by atoms with van der Waals surface area (Å²) >= 11 is 0. The number of para-hydroxylation sites is 1. The molecule has 1 saturated carbocycles. The highest BCUT2D eigenvalue weighted by Gasteiger charge is 2.47. The maximum Gasteiger partial charge on any atom is 0.228 e. The van der Waals surface area contributed by atoms with E-state index in [1.165, 1.54) is 0 Å². The molecule has 4 nitrogen and oxygen atoms in total. The molecule has 0 bridgehead atoms. The van der Waals surface area contributed by atoms with Crippen molar-refractivity contribution in [3.8, 4) is 0 Å². The zero-order valence-corrected chi connectivity index (χ0v) is 14.4. The third-order valence-corrected chi connectivity index (χ3v) is 4.38. The summed E-state index contributed by atoms with van der Waals surface area (Å²) < 4.78 is 0. The summed E-state index contributed by atoms with van der Waals surface area (Å²) in [7, 11) is 0. The van der Waals surface area contributed by atoms with E-state index in [1.807, 2.05) is 24.3 Å². The fourth-order valence-corrected chi connectivity index (χ4v) is 2.83. The Morgan fingerprint density at radius 2 is 1.83 bits per heavy atom. The monoisotopic (exact) mass is 316 g/mol. The number of hydrogen-bond donors (Lipinski definition) is 2. The van der Waals surface area contributed by atoms with Gasteiger partial charge >= 0.3 is 0 Å². The molecule has 0 spiro atoms. The maximum atomic E-state index is 12.3. The average Bonchev–Trinajstić information content (AvgIpc) is 3.32. The van der Waals surface area contributed by atoms with E-state index in [4.69, 9.17) is 0 Å². The van der Waals surface area contributed by atoms with E-state index >= 15 is 0 Å². The Morgan fingerprint density at radius 3 is 2.52 bits per heavy atom. The number of unbranched alkanes of at least 4 members (excludes halogenated alkanes) is 2. The lowest BCUT2D eigenvalue weighted by Gasteiger charge is -2.13. The molecule has 0 saturated heterocycles. The van der Waals surface area contributed by atoms with Gasteiger partial charge in [0.15, 0.2) is 0 Å². The normalized spacial score (nSPS) is 19.5. The highest BCUT2D eigenvalue weighted by Crippen LogP contribution is 2.40. The van der Waals surface area contributed by atoms with Gasteiger partial charge in [0.2, 0.25) is 11.8 Å². The van der Waals surface area contributed by atoms with Gasteiger partial charge in [-0.15, -0.1) is 0 Å². The van der Waals surface area contributed by atoms with Crippen LogP contribution in [0.1, 0.15) is 57.9 Å². The Labute approximate surface area is 139 Å². The first-order chi connectivity index (χ1) is 11.0. The Balaban J connectivity index is 1.83. The number of carbonyl (C=O) groups excluding carboxylic acids is 2. The highest BCUT2D eigenvalue weighted by molar-refractivity contribution is 5.99. The van der Waals surface area contributed by atoms with Gasteiger partial charge in [0.25, 0.3) is 0 Å². The van der Waals surface area contributed by atoms with Crippen LogP contribution in [0.4, 0.5) is 5.69 Å². The fourth-order valence-electron chi connectivity index (χ4n) is 2.83. The minimum atomic E-state index is -0.179. The number of hydrogen-bond acceptors (Lipinski definition) is 2. The van der Waals surface area contributed by atoms with Crippen molar-refractivity contribution in [3.05, 3.63) is 29.8 Å². The van der Waals surface area contributed by atoms with Gasteiger partial charge in [-0.2, -0.15) is 0 Å². The predicted octanol–water partition coefficient (Wildman–Crippen LogP) is 3.69. The van der Waals surface area contributed by atoms with Crippen LogP contribution in [0.25, 0.3) is 0 Å². The van der Waals surface area contributed by atoms with Gasteiger partial charge in [0, 0.05) is 12.2 Å². The summed E-state index contributed by atoms with van der Waals surface area (Å²) in [5.41, 5.74) is 1.99. The van der Waals surface area contributed by atoms with Gasteiger partial charge in [-0.3, -0.25) is 9.59 Å². The summed E-state index contributed by atoms with van der Waals surface area (Å²) in [5, 5.41) is 5.93. The van der Waals surface area contributed by atoms with Crippen LogP contribution >= 0.6 is 0 Å². The topological polar surface area (TPSA) is 58.2 Å². The average molecular weight is 316 g/mol. The van der Waals surface area contributed by atoms with Gasteiger partial charge in [-0.1, -0.05) is 51.8 Å². The molecule has 126 valence electrons. The van der Waals surface area contributed by atoms with Crippen LogP contribution < -0.4 is 10.6 Å². The lowest BCUT2D eigenvalue weighted by atomic mass is 10.0. The van der Waals surface area contributed by atoms with Crippen LogP contribution in [-0.4, -0.2) is 18.4 Å². The molecule has 1 aliphatic carbocycles. The van der Waals surface area contributed by atoms with Crippen LogP contribution in [-0.2, 0) is 9.59 Å². The summed E-state index contributed by atoms with van der Waals surface area (Å²) in [4.78, 5) is 24.4. The number of amides is 2. The molecule has 0 heterocycles.